The predicted octanol–water partition coefficient (Wildman–Crippen LogP) is 4.07. The molecule has 0 unspecified atom stereocenters. The minimum absolute atomic E-state index is 0.0350. The normalized spacial score (nSPS) is 13.7. The van der Waals surface area contributed by atoms with Gasteiger partial charge in [-0.15, -0.1) is 0 Å². The van der Waals surface area contributed by atoms with Crippen molar-refractivity contribution in [3.63, 3.8) is 0 Å². The van der Waals surface area contributed by atoms with E-state index in [4.69, 9.17) is 4.74 Å². The Bertz CT molecular complexity index is 1200. The number of amides is 2. The molecule has 1 N–H and O–H groups in total. The standard InChI is InChI=1S/C24H23F3N4O3/c1-34-20-15-31(19-9-5-8-18(13-19)24(25,26)27)29-21(20)22(32)28-14-16-6-4-7-17(12-16)23(33)30-10-2-3-11-30/h4-9,12-13,15H,2-3,10-11,14H2,1H3,(H,28,32). The van der Waals surface area contributed by atoms with Gasteiger partial charge in [0.05, 0.1) is 24.6 Å². The summed E-state index contributed by atoms with van der Waals surface area (Å²) >= 11 is 0. The summed E-state index contributed by atoms with van der Waals surface area (Å²) in [5.74, 6) is -0.473. The van der Waals surface area contributed by atoms with Crippen molar-refractivity contribution in [2.45, 2.75) is 25.6 Å². The Balaban J connectivity index is 1.48. The van der Waals surface area contributed by atoms with E-state index in [1.165, 1.54) is 30.1 Å². The third-order valence-corrected chi connectivity index (χ3v) is 5.57. The molecule has 2 amide bonds. The van der Waals surface area contributed by atoms with Crippen molar-refractivity contribution in [2.24, 2.45) is 0 Å². The van der Waals surface area contributed by atoms with Crippen molar-refractivity contribution in [2.75, 3.05) is 20.2 Å². The molecular weight excluding hydrogens is 449 g/mol. The predicted molar refractivity (Wildman–Crippen MR) is 118 cm³/mol. The van der Waals surface area contributed by atoms with Gasteiger partial charge in [0.1, 0.15) is 0 Å². The molecule has 0 atom stereocenters. The van der Waals surface area contributed by atoms with Gasteiger partial charge in [-0.3, -0.25) is 9.59 Å². The first kappa shape index (κ1) is 23.3. The summed E-state index contributed by atoms with van der Waals surface area (Å²) in [6, 6.07) is 11.6. The second-order valence-corrected chi connectivity index (χ2v) is 7.92. The van der Waals surface area contributed by atoms with E-state index >= 15 is 0 Å². The molecule has 2 heterocycles. The monoisotopic (exact) mass is 472 g/mol. The first-order chi connectivity index (χ1) is 16.3. The number of likely N-dealkylation sites (tertiary alicyclic amines) is 1. The summed E-state index contributed by atoms with van der Waals surface area (Å²) in [6.45, 7) is 1.63. The number of halogens is 3. The molecule has 0 bridgehead atoms. The number of hydrogen-bond acceptors (Lipinski definition) is 4. The van der Waals surface area contributed by atoms with Crippen LogP contribution in [0, 0.1) is 0 Å². The summed E-state index contributed by atoms with van der Waals surface area (Å²) in [4.78, 5) is 27.2. The number of carbonyl (C=O) groups excluding carboxylic acids is 2. The average molecular weight is 472 g/mol. The summed E-state index contributed by atoms with van der Waals surface area (Å²) in [5.41, 5.74) is 0.535. The number of methoxy groups -OCH3 is 1. The molecule has 0 radical (unpaired) electrons. The van der Waals surface area contributed by atoms with Crippen LogP contribution in [0.15, 0.2) is 54.7 Å². The van der Waals surface area contributed by atoms with Crippen LogP contribution in [0.3, 0.4) is 0 Å². The van der Waals surface area contributed by atoms with Crippen molar-refractivity contribution in [1.29, 1.82) is 0 Å². The SMILES string of the molecule is COc1cn(-c2cccc(C(F)(F)F)c2)nc1C(=O)NCc1cccc(C(=O)N2CCCC2)c1. The summed E-state index contributed by atoms with van der Waals surface area (Å²) in [5, 5.41) is 6.86. The molecule has 1 aromatic heterocycles. The first-order valence-electron chi connectivity index (χ1n) is 10.7. The average Bonchev–Trinajstić information content (AvgIpc) is 3.52. The maximum atomic E-state index is 13.0. The number of ether oxygens (including phenoxy) is 1. The van der Waals surface area contributed by atoms with Crippen LogP contribution >= 0.6 is 0 Å². The first-order valence-corrected chi connectivity index (χ1v) is 10.7. The Morgan fingerprint density at radius 2 is 1.82 bits per heavy atom. The smallest absolute Gasteiger partial charge is 0.416 e. The molecular formula is C24H23F3N4O3. The molecule has 1 aliphatic heterocycles. The number of benzene rings is 2. The molecule has 178 valence electrons. The number of aromatic nitrogens is 2. The summed E-state index contributed by atoms with van der Waals surface area (Å²) in [7, 11) is 1.34. The zero-order valence-corrected chi connectivity index (χ0v) is 18.4. The molecule has 4 rings (SSSR count). The minimum Gasteiger partial charge on any atom is -0.493 e. The van der Waals surface area contributed by atoms with Gasteiger partial charge < -0.3 is 15.0 Å². The Morgan fingerprint density at radius 3 is 2.53 bits per heavy atom. The molecule has 1 fully saturated rings. The highest BCUT2D eigenvalue weighted by Gasteiger charge is 2.31. The van der Waals surface area contributed by atoms with E-state index in [2.05, 4.69) is 10.4 Å². The number of carbonyl (C=O) groups is 2. The van der Waals surface area contributed by atoms with Crippen LogP contribution in [0.5, 0.6) is 5.75 Å². The molecule has 0 spiro atoms. The van der Waals surface area contributed by atoms with E-state index < -0.39 is 17.6 Å². The fourth-order valence-corrected chi connectivity index (χ4v) is 3.80. The third kappa shape index (κ3) is 5.05. The third-order valence-electron chi connectivity index (χ3n) is 5.57. The zero-order valence-electron chi connectivity index (χ0n) is 18.4. The lowest BCUT2D eigenvalue weighted by molar-refractivity contribution is -0.137. The molecule has 10 heteroatoms. The van der Waals surface area contributed by atoms with Gasteiger partial charge in [-0.05, 0) is 48.7 Å². The molecule has 34 heavy (non-hydrogen) atoms. The van der Waals surface area contributed by atoms with Crippen molar-refractivity contribution in [3.8, 4) is 11.4 Å². The van der Waals surface area contributed by atoms with Crippen LogP contribution < -0.4 is 10.1 Å². The van der Waals surface area contributed by atoms with Gasteiger partial charge in [0.25, 0.3) is 11.8 Å². The van der Waals surface area contributed by atoms with Crippen LogP contribution in [0.25, 0.3) is 5.69 Å². The second-order valence-electron chi connectivity index (χ2n) is 7.92. The van der Waals surface area contributed by atoms with Gasteiger partial charge in [-0.25, -0.2) is 4.68 Å². The molecule has 2 aromatic carbocycles. The molecule has 7 nitrogen and oxygen atoms in total. The molecule has 1 aliphatic rings. The fourth-order valence-electron chi connectivity index (χ4n) is 3.80. The van der Waals surface area contributed by atoms with Crippen LogP contribution in [0.4, 0.5) is 13.2 Å². The van der Waals surface area contributed by atoms with Crippen molar-refractivity contribution in [3.05, 3.63) is 77.1 Å². The van der Waals surface area contributed by atoms with E-state index in [-0.39, 0.29) is 29.6 Å². The topological polar surface area (TPSA) is 76.5 Å². The Labute approximate surface area is 194 Å². The number of alkyl halides is 3. The van der Waals surface area contributed by atoms with Gasteiger partial charge in [0, 0.05) is 25.2 Å². The van der Waals surface area contributed by atoms with Gasteiger partial charge >= 0.3 is 6.18 Å². The second kappa shape index (κ2) is 9.58. The maximum absolute atomic E-state index is 13.0. The number of nitrogens with zero attached hydrogens (tertiary/aromatic N) is 3. The Morgan fingerprint density at radius 1 is 1.09 bits per heavy atom. The molecule has 0 aliphatic carbocycles. The lowest BCUT2D eigenvalue weighted by atomic mass is 10.1. The highest BCUT2D eigenvalue weighted by Crippen LogP contribution is 2.30. The molecule has 1 saturated heterocycles. The van der Waals surface area contributed by atoms with E-state index in [1.807, 2.05) is 4.90 Å². The Kier molecular flexibility index (Phi) is 6.58. The maximum Gasteiger partial charge on any atom is 0.416 e. The van der Waals surface area contributed by atoms with Crippen LogP contribution in [0.1, 0.15) is 44.8 Å². The van der Waals surface area contributed by atoms with Gasteiger partial charge in [0.15, 0.2) is 11.4 Å². The van der Waals surface area contributed by atoms with Gasteiger partial charge in [-0.1, -0.05) is 18.2 Å². The minimum atomic E-state index is -4.50. The number of nitrogens with one attached hydrogen (secondary N) is 1. The highest BCUT2D eigenvalue weighted by atomic mass is 19.4. The van der Waals surface area contributed by atoms with Crippen LogP contribution in [0.2, 0.25) is 0 Å². The number of rotatable bonds is 6. The Hall–Kier alpha value is -3.82. The van der Waals surface area contributed by atoms with Crippen molar-refractivity contribution >= 4 is 11.8 Å². The lowest BCUT2D eigenvalue weighted by Gasteiger charge is -2.15. The van der Waals surface area contributed by atoms with E-state index in [1.54, 1.807) is 24.3 Å². The number of hydrogen-bond donors (Lipinski definition) is 1. The molecule has 0 saturated carbocycles. The van der Waals surface area contributed by atoms with Crippen molar-refractivity contribution in [1.82, 2.24) is 20.0 Å². The quantitative estimate of drug-likeness (QED) is 0.587. The van der Waals surface area contributed by atoms with Gasteiger partial charge in [0.2, 0.25) is 0 Å². The highest BCUT2D eigenvalue weighted by molar-refractivity contribution is 5.95. The summed E-state index contributed by atoms with van der Waals surface area (Å²) in [6.07, 6.45) is -1.16. The van der Waals surface area contributed by atoms with Crippen molar-refractivity contribution < 1.29 is 27.5 Å². The van der Waals surface area contributed by atoms with E-state index in [0.717, 1.165) is 43.6 Å². The van der Waals surface area contributed by atoms with Gasteiger partial charge in [-0.2, -0.15) is 18.3 Å². The fraction of sp³-hybridized carbons (Fsp3) is 0.292. The zero-order chi connectivity index (χ0) is 24.3. The van der Waals surface area contributed by atoms with Crippen LogP contribution in [-0.4, -0.2) is 46.7 Å². The largest absolute Gasteiger partial charge is 0.493 e. The summed E-state index contributed by atoms with van der Waals surface area (Å²) < 4.78 is 45.5. The van der Waals surface area contributed by atoms with E-state index in [0.29, 0.717) is 5.56 Å². The molecule has 3 aromatic rings. The van der Waals surface area contributed by atoms with E-state index in [9.17, 15) is 22.8 Å². The van der Waals surface area contributed by atoms with Crippen LogP contribution in [-0.2, 0) is 12.7 Å². The lowest BCUT2D eigenvalue weighted by Crippen LogP contribution is -2.28.